The van der Waals surface area contributed by atoms with Crippen molar-refractivity contribution in [3.63, 3.8) is 0 Å². The number of fused-ring (bicyclic) bond motifs is 1. The van der Waals surface area contributed by atoms with Gasteiger partial charge in [0.25, 0.3) is 0 Å². The fourth-order valence-corrected chi connectivity index (χ4v) is 4.46. The molecule has 0 saturated carbocycles. The van der Waals surface area contributed by atoms with Gasteiger partial charge in [-0.05, 0) is 84.5 Å². The van der Waals surface area contributed by atoms with Gasteiger partial charge in [0.05, 0.1) is 13.0 Å². The molecule has 0 aromatic carbocycles. The molecule has 2 amide bonds. The van der Waals surface area contributed by atoms with Gasteiger partial charge >= 0.3 is 12.1 Å². The molecule has 1 aromatic rings. The number of anilines is 1. The first-order valence-electron chi connectivity index (χ1n) is 13.3. The van der Waals surface area contributed by atoms with E-state index in [1.54, 1.807) is 20.8 Å². The van der Waals surface area contributed by atoms with Crippen molar-refractivity contribution < 1.29 is 23.9 Å². The fourth-order valence-electron chi connectivity index (χ4n) is 4.46. The highest BCUT2D eigenvalue weighted by molar-refractivity contribution is 5.87. The maximum absolute atomic E-state index is 12.7. The Bertz CT molecular complexity index is 942. The summed E-state index contributed by atoms with van der Waals surface area (Å²) < 4.78 is 10.2. The normalized spacial score (nSPS) is 16.3. The van der Waals surface area contributed by atoms with Crippen molar-refractivity contribution in [3.8, 4) is 0 Å². The molecule has 3 heterocycles. The van der Waals surface area contributed by atoms with Gasteiger partial charge in [-0.15, -0.1) is 0 Å². The summed E-state index contributed by atoms with van der Waals surface area (Å²) in [5, 5.41) is 6.20. The summed E-state index contributed by atoms with van der Waals surface area (Å²) in [6.07, 6.45) is 5.26. The Hall–Kier alpha value is -2.88. The minimum Gasteiger partial charge on any atom is -0.467 e. The lowest BCUT2D eigenvalue weighted by molar-refractivity contribution is -0.146. The molecule has 0 radical (unpaired) electrons. The highest BCUT2D eigenvalue weighted by Crippen LogP contribution is 2.21. The second-order valence-corrected chi connectivity index (χ2v) is 11.1. The van der Waals surface area contributed by atoms with Crippen molar-refractivity contribution in [1.82, 2.24) is 20.1 Å². The average Bonchev–Trinajstić information content (AvgIpc) is 2.81. The largest absolute Gasteiger partial charge is 0.467 e. The molecule has 10 heteroatoms. The molecule has 2 aliphatic rings. The Morgan fingerprint density at radius 1 is 1.22 bits per heavy atom. The van der Waals surface area contributed by atoms with Gasteiger partial charge in [-0.2, -0.15) is 0 Å². The number of unbranched alkanes of at least 4 members (excludes halogenated alkanes) is 1. The number of carbonyl (C=O) groups excluding carboxylic acids is 3. The number of aromatic nitrogens is 1. The van der Waals surface area contributed by atoms with Crippen LogP contribution in [0.2, 0.25) is 0 Å². The Morgan fingerprint density at radius 2 is 1.97 bits per heavy atom. The quantitative estimate of drug-likeness (QED) is 0.340. The molecule has 206 valence electrons. The van der Waals surface area contributed by atoms with Crippen LogP contribution in [0.3, 0.4) is 0 Å². The van der Waals surface area contributed by atoms with Crippen molar-refractivity contribution in [2.75, 3.05) is 52.2 Å². The van der Waals surface area contributed by atoms with Gasteiger partial charge in [0.15, 0.2) is 0 Å². The third-order valence-electron chi connectivity index (χ3n) is 6.68. The van der Waals surface area contributed by atoms with E-state index in [0.717, 1.165) is 56.7 Å². The molecule has 10 nitrogen and oxygen atoms in total. The van der Waals surface area contributed by atoms with Crippen LogP contribution in [0.15, 0.2) is 12.1 Å². The zero-order chi connectivity index (χ0) is 27.0. The number of likely N-dealkylation sites (tertiary alicyclic amines) is 1. The third kappa shape index (κ3) is 8.87. The van der Waals surface area contributed by atoms with Gasteiger partial charge in [-0.1, -0.05) is 6.07 Å². The van der Waals surface area contributed by atoms with Crippen molar-refractivity contribution >= 4 is 23.8 Å². The molecular weight excluding hydrogens is 474 g/mol. The topological polar surface area (TPSA) is 113 Å². The van der Waals surface area contributed by atoms with E-state index in [0.29, 0.717) is 13.0 Å². The number of aryl methyl sites for hydroxylation is 2. The van der Waals surface area contributed by atoms with E-state index in [9.17, 15) is 14.4 Å². The second-order valence-electron chi connectivity index (χ2n) is 11.1. The smallest absolute Gasteiger partial charge is 0.410 e. The third-order valence-corrected chi connectivity index (χ3v) is 6.68. The molecule has 1 atom stereocenters. The van der Waals surface area contributed by atoms with E-state index in [1.165, 1.54) is 17.6 Å². The van der Waals surface area contributed by atoms with Gasteiger partial charge in [-0.3, -0.25) is 4.79 Å². The molecule has 2 aliphatic heterocycles. The Kier molecular flexibility index (Phi) is 10.1. The summed E-state index contributed by atoms with van der Waals surface area (Å²) in [5.74, 6) is -0.0249. The lowest BCUT2D eigenvalue weighted by Gasteiger charge is -2.39. The van der Waals surface area contributed by atoms with Crippen LogP contribution in [0.4, 0.5) is 10.6 Å². The fraction of sp³-hybridized carbons (Fsp3) is 0.704. The molecule has 0 spiro atoms. The zero-order valence-electron chi connectivity index (χ0n) is 23.0. The van der Waals surface area contributed by atoms with Crippen LogP contribution < -0.4 is 10.6 Å². The van der Waals surface area contributed by atoms with Crippen molar-refractivity contribution in [3.05, 3.63) is 23.4 Å². The molecule has 1 aromatic heterocycles. The Balaban J connectivity index is 1.35. The first-order valence-corrected chi connectivity index (χ1v) is 13.3. The molecule has 2 N–H and O–H groups in total. The lowest BCUT2D eigenvalue weighted by Crippen LogP contribution is -2.58. The molecule has 0 unspecified atom stereocenters. The van der Waals surface area contributed by atoms with Crippen LogP contribution in [0.25, 0.3) is 0 Å². The van der Waals surface area contributed by atoms with E-state index in [2.05, 4.69) is 27.7 Å². The summed E-state index contributed by atoms with van der Waals surface area (Å²) in [5.41, 5.74) is 1.84. The number of hydrogen-bond acceptors (Lipinski definition) is 8. The number of amides is 2. The van der Waals surface area contributed by atoms with Crippen LogP contribution in [0.5, 0.6) is 0 Å². The number of ether oxygens (including phenoxy) is 2. The number of hydrogen-bond donors (Lipinski definition) is 2. The van der Waals surface area contributed by atoms with Crippen LogP contribution >= 0.6 is 0 Å². The number of pyridine rings is 1. The summed E-state index contributed by atoms with van der Waals surface area (Å²) in [7, 11) is 3.34. The summed E-state index contributed by atoms with van der Waals surface area (Å²) in [4.78, 5) is 45.5. The Morgan fingerprint density at radius 3 is 2.68 bits per heavy atom. The number of carbonyl (C=O) groups is 3. The van der Waals surface area contributed by atoms with E-state index in [1.807, 2.05) is 7.05 Å². The summed E-state index contributed by atoms with van der Waals surface area (Å²) in [6, 6.07) is 3.60. The minimum absolute atomic E-state index is 0.245. The molecular formula is C27H43N5O5. The summed E-state index contributed by atoms with van der Waals surface area (Å²) in [6.45, 7) is 8.50. The van der Waals surface area contributed by atoms with Crippen molar-refractivity contribution in [2.45, 2.75) is 70.9 Å². The SMILES string of the molecule is COC(=O)[C@H](CCN(C)CCCCc1ccc2c(n1)NCCC2)NC(=O)C1CN(C(=O)OC(C)(C)C)C1. The standard InChI is InChI=1S/C27H43N5O5/c1-27(2,3)37-26(35)32-17-20(18-32)24(33)30-22(25(34)36-5)13-16-31(4)15-7-6-10-21-12-11-19-9-8-14-28-23(19)29-21/h11-12,20,22H,6-10,13-18H2,1-5H3,(H,28,29)(H,30,33)/t22-/m0/s1. The second kappa shape index (κ2) is 13.1. The van der Waals surface area contributed by atoms with E-state index in [-0.39, 0.29) is 24.9 Å². The minimum atomic E-state index is -0.720. The van der Waals surface area contributed by atoms with Gasteiger partial charge in [-0.25, -0.2) is 14.6 Å². The molecule has 0 bridgehead atoms. The van der Waals surface area contributed by atoms with E-state index < -0.39 is 23.7 Å². The highest BCUT2D eigenvalue weighted by atomic mass is 16.6. The predicted molar refractivity (Wildman–Crippen MR) is 141 cm³/mol. The molecule has 1 fully saturated rings. The van der Waals surface area contributed by atoms with Crippen molar-refractivity contribution in [1.29, 1.82) is 0 Å². The zero-order valence-corrected chi connectivity index (χ0v) is 23.0. The number of rotatable bonds is 11. The number of nitrogens with one attached hydrogen (secondary N) is 2. The van der Waals surface area contributed by atoms with Crippen LogP contribution in [0, 0.1) is 5.92 Å². The Labute approximate surface area is 220 Å². The molecule has 37 heavy (non-hydrogen) atoms. The van der Waals surface area contributed by atoms with Gasteiger partial charge in [0.1, 0.15) is 17.5 Å². The van der Waals surface area contributed by atoms with Crippen molar-refractivity contribution in [2.24, 2.45) is 5.92 Å². The van der Waals surface area contributed by atoms with Gasteiger partial charge in [0, 0.05) is 31.9 Å². The van der Waals surface area contributed by atoms with Gasteiger partial charge in [0.2, 0.25) is 5.91 Å². The molecule has 0 aliphatic carbocycles. The first kappa shape index (κ1) is 28.7. The molecule has 3 rings (SSSR count). The average molecular weight is 518 g/mol. The van der Waals surface area contributed by atoms with Crippen LogP contribution in [-0.4, -0.2) is 91.3 Å². The van der Waals surface area contributed by atoms with Crippen LogP contribution in [0.1, 0.15) is 57.7 Å². The number of esters is 1. The number of methoxy groups -OCH3 is 1. The highest BCUT2D eigenvalue weighted by Gasteiger charge is 2.39. The van der Waals surface area contributed by atoms with E-state index >= 15 is 0 Å². The monoisotopic (exact) mass is 517 g/mol. The van der Waals surface area contributed by atoms with Crippen LogP contribution in [-0.2, 0) is 31.9 Å². The summed E-state index contributed by atoms with van der Waals surface area (Å²) >= 11 is 0. The maximum Gasteiger partial charge on any atom is 0.410 e. The lowest BCUT2D eigenvalue weighted by atomic mass is 9.99. The van der Waals surface area contributed by atoms with Gasteiger partial charge < -0.3 is 29.9 Å². The molecule has 1 saturated heterocycles. The first-order chi connectivity index (χ1) is 17.6. The maximum atomic E-state index is 12.7. The number of nitrogens with zero attached hydrogens (tertiary/aromatic N) is 3. The van der Waals surface area contributed by atoms with E-state index in [4.69, 9.17) is 14.5 Å². The predicted octanol–water partition coefficient (Wildman–Crippen LogP) is 2.61.